The van der Waals surface area contributed by atoms with Crippen LogP contribution in [0.3, 0.4) is 0 Å². The van der Waals surface area contributed by atoms with Crippen LogP contribution in [0, 0.1) is 11.3 Å². The molecule has 0 atom stereocenters. The Balaban J connectivity index is 2.88. The lowest BCUT2D eigenvalue weighted by Crippen LogP contribution is -2.00. The second-order valence-electron chi connectivity index (χ2n) is 2.64. The van der Waals surface area contributed by atoms with E-state index in [0.29, 0.717) is 18.0 Å². The van der Waals surface area contributed by atoms with E-state index >= 15 is 0 Å². The fourth-order valence-electron chi connectivity index (χ4n) is 1.07. The standard InChI is InChI=1S/C10H12N2O2/c1-13-10-6-8(7-12)2-3-9(10)14-5-4-11/h2-3,6H,5,7,12H2,1H3. The average molecular weight is 192 g/mol. The minimum atomic E-state index is 0.0122. The molecule has 0 unspecified atom stereocenters. The smallest absolute Gasteiger partial charge is 0.174 e. The van der Waals surface area contributed by atoms with Crippen LogP contribution in [-0.4, -0.2) is 13.7 Å². The van der Waals surface area contributed by atoms with Gasteiger partial charge in [-0.25, -0.2) is 0 Å². The van der Waals surface area contributed by atoms with Gasteiger partial charge in [0, 0.05) is 6.54 Å². The summed E-state index contributed by atoms with van der Waals surface area (Å²) in [5.74, 6) is 1.16. The molecule has 1 aromatic rings. The lowest BCUT2D eigenvalue weighted by molar-refractivity contribution is 0.329. The van der Waals surface area contributed by atoms with Crippen molar-refractivity contribution in [1.82, 2.24) is 0 Å². The number of nitrogens with zero attached hydrogens (tertiary/aromatic N) is 1. The van der Waals surface area contributed by atoms with Gasteiger partial charge in [-0.2, -0.15) is 5.26 Å². The molecule has 2 N–H and O–H groups in total. The Bertz CT molecular complexity index is 344. The average Bonchev–Trinajstić information content (AvgIpc) is 2.26. The summed E-state index contributed by atoms with van der Waals surface area (Å²) in [6, 6.07) is 7.28. The third-order valence-electron chi connectivity index (χ3n) is 1.76. The summed E-state index contributed by atoms with van der Waals surface area (Å²) < 4.78 is 10.2. The predicted molar refractivity (Wildman–Crippen MR) is 52.0 cm³/mol. The van der Waals surface area contributed by atoms with Crippen molar-refractivity contribution in [1.29, 1.82) is 5.26 Å². The summed E-state index contributed by atoms with van der Waals surface area (Å²) in [5.41, 5.74) is 6.44. The minimum absolute atomic E-state index is 0.0122. The van der Waals surface area contributed by atoms with Crippen LogP contribution < -0.4 is 15.2 Å². The van der Waals surface area contributed by atoms with E-state index in [4.69, 9.17) is 20.5 Å². The summed E-state index contributed by atoms with van der Waals surface area (Å²) in [6.45, 7) is 0.465. The highest BCUT2D eigenvalue weighted by molar-refractivity contribution is 5.43. The third-order valence-corrected chi connectivity index (χ3v) is 1.76. The van der Waals surface area contributed by atoms with Crippen LogP contribution in [0.1, 0.15) is 5.56 Å². The number of nitriles is 1. The summed E-state index contributed by atoms with van der Waals surface area (Å²) in [7, 11) is 1.55. The van der Waals surface area contributed by atoms with Crippen molar-refractivity contribution < 1.29 is 9.47 Å². The molecule has 4 nitrogen and oxygen atoms in total. The molecule has 0 aliphatic heterocycles. The van der Waals surface area contributed by atoms with E-state index in [-0.39, 0.29) is 6.61 Å². The molecular weight excluding hydrogens is 180 g/mol. The molecule has 1 aromatic carbocycles. The molecule has 0 spiro atoms. The SMILES string of the molecule is COc1cc(CN)ccc1OCC#N. The molecule has 0 saturated heterocycles. The summed E-state index contributed by atoms with van der Waals surface area (Å²) in [5, 5.41) is 8.36. The monoisotopic (exact) mass is 192 g/mol. The Morgan fingerprint density at radius 3 is 2.79 bits per heavy atom. The number of hydrogen-bond acceptors (Lipinski definition) is 4. The molecule has 74 valence electrons. The first-order valence-electron chi connectivity index (χ1n) is 4.18. The third kappa shape index (κ3) is 2.38. The lowest BCUT2D eigenvalue weighted by atomic mass is 10.2. The first-order chi connectivity index (χ1) is 6.81. The van der Waals surface area contributed by atoms with Gasteiger partial charge in [0.25, 0.3) is 0 Å². The van der Waals surface area contributed by atoms with Crippen LogP contribution in [0.2, 0.25) is 0 Å². The Labute approximate surface area is 82.9 Å². The van der Waals surface area contributed by atoms with Crippen LogP contribution in [0.15, 0.2) is 18.2 Å². The van der Waals surface area contributed by atoms with Crippen LogP contribution >= 0.6 is 0 Å². The molecule has 4 heteroatoms. The fourth-order valence-corrected chi connectivity index (χ4v) is 1.07. The normalized spacial score (nSPS) is 9.21. The van der Waals surface area contributed by atoms with E-state index in [1.807, 2.05) is 12.1 Å². The van der Waals surface area contributed by atoms with Gasteiger partial charge in [-0.05, 0) is 17.7 Å². The number of methoxy groups -OCH3 is 1. The zero-order valence-electron chi connectivity index (χ0n) is 7.99. The van der Waals surface area contributed by atoms with Crippen molar-refractivity contribution in [3.8, 4) is 17.6 Å². The van der Waals surface area contributed by atoms with Crippen molar-refractivity contribution >= 4 is 0 Å². The number of rotatable bonds is 4. The number of hydrogen-bond donors (Lipinski definition) is 1. The minimum Gasteiger partial charge on any atom is -0.493 e. The Morgan fingerprint density at radius 2 is 2.21 bits per heavy atom. The second kappa shape index (κ2) is 5.10. The molecule has 0 bridgehead atoms. The molecule has 1 rings (SSSR count). The van der Waals surface area contributed by atoms with Crippen LogP contribution in [0.4, 0.5) is 0 Å². The topological polar surface area (TPSA) is 68.3 Å². The second-order valence-corrected chi connectivity index (χ2v) is 2.64. The first-order valence-corrected chi connectivity index (χ1v) is 4.18. The van der Waals surface area contributed by atoms with Crippen LogP contribution in [0.5, 0.6) is 11.5 Å². The quantitative estimate of drug-likeness (QED) is 0.774. The van der Waals surface area contributed by atoms with Crippen molar-refractivity contribution in [3.63, 3.8) is 0 Å². The van der Waals surface area contributed by atoms with Crippen molar-refractivity contribution in [2.75, 3.05) is 13.7 Å². The highest BCUT2D eigenvalue weighted by atomic mass is 16.5. The molecular formula is C10H12N2O2. The van der Waals surface area contributed by atoms with Gasteiger partial charge >= 0.3 is 0 Å². The van der Waals surface area contributed by atoms with E-state index in [9.17, 15) is 0 Å². The Hall–Kier alpha value is -1.73. The van der Waals surface area contributed by atoms with Gasteiger partial charge in [-0.1, -0.05) is 6.07 Å². The van der Waals surface area contributed by atoms with Gasteiger partial charge in [0.15, 0.2) is 18.1 Å². The Morgan fingerprint density at radius 1 is 1.43 bits per heavy atom. The summed E-state index contributed by atoms with van der Waals surface area (Å²) >= 11 is 0. The number of nitrogens with two attached hydrogens (primary N) is 1. The van der Waals surface area contributed by atoms with Crippen LogP contribution in [0.25, 0.3) is 0 Å². The maximum absolute atomic E-state index is 8.36. The van der Waals surface area contributed by atoms with Crippen molar-refractivity contribution in [2.24, 2.45) is 5.73 Å². The predicted octanol–water partition coefficient (Wildman–Crippen LogP) is 1.06. The zero-order valence-corrected chi connectivity index (χ0v) is 7.99. The maximum Gasteiger partial charge on any atom is 0.174 e. The highest BCUT2D eigenvalue weighted by Crippen LogP contribution is 2.27. The van der Waals surface area contributed by atoms with E-state index in [1.165, 1.54) is 0 Å². The maximum atomic E-state index is 8.36. The van der Waals surface area contributed by atoms with Gasteiger partial charge in [0.1, 0.15) is 6.07 Å². The highest BCUT2D eigenvalue weighted by Gasteiger charge is 2.04. The largest absolute Gasteiger partial charge is 0.493 e. The molecule has 0 radical (unpaired) electrons. The van der Waals surface area contributed by atoms with E-state index < -0.39 is 0 Å². The first kappa shape index (κ1) is 10.4. The molecule has 14 heavy (non-hydrogen) atoms. The van der Waals surface area contributed by atoms with Gasteiger partial charge in [0.05, 0.1) is 7.11 Å². The fraction of sp³-hybridized carbons (Fsp3) is 0.300. The molecule has 0 aliphatic rings. The lowest BCUT2D eigenvalue weighted by Gasteiger charge is -2.09. The zero-order chi connectivity index (χ0) is 10.4. The van der Waals surface area contributed by atoms with Crippen molar-refractivity contribution in [3.05, 3.63) is 23.8 Å². The number of ether oxygens (including phenoxy) is 2. The Kier molecular flexibility index (Phi) is 3.77. The molecule has 0 aromatic heterocycles. The summed E-state index contributed by atoms with van der Waals surface area (Å²) in [4.78, 5) is 0. The van der Waals surface area contributed by atoms with E-state index in [2.05, 4.69) is 0 Å². The number of benzene rings is 1. The van der Waals surface area contributed by atoms with Gasteiger partial charge in [0.2, 0.25) is 0 Å². The van der Waals surface area contributed by atoms with E-state index in [1.54, 1.807) is 19.2 Å². The molecule has 0 heterocycles. The van der Waals surface area contributed by atoms with Gasteiger partial charge in [-0.3, -0.25) is 0 Å². The van der Waals surface area contributed by atoms with Crippen LogP contribution in [-0.2, 0) is 6.54 Å². The summed E-state index contributed by atoms with van der Waals surface area (Å²) in [6.07, 6.45) is 0. The molecule has 0 aliphatic carbocycles. The van der Waals surface area contributed by atoms with Crippen molar-refractivity contribution in [2.45, 2.75) is 6.54 Å². The molecule has 0 saturated carbocycles. The van der Waals surface area contributed by atoms with E-state index in [0.717, 1.165) is 5.56 Å². The molecule has 0 fully saturated rings. The molecule has 0 amide bonds. The van der Waals surface area contributed by atoms with Gasteiger partial charge < -0.3 is 15.2 Å². The van der Waals surface area contributed by atoms with Gasteiger partial charge in [-0.15, -0.1) is 0 Å².